The fraction of sp³-hybridized carbons (Fsp3) is 0.800. The monoisotopic (exact) mass is 280 g/mol. The molecule has 1 aliphatic heterocycles. The van der Waals surface area contributed by atoms with E-state index in [-0.39, 0.29) is 6.04 Å². The van der Waals surface area contributed by atoms with E-state index < -0.39 is 12.0 Å². The maximum atomic E-state index is 12.5. The normalized spacial score (nSPS) is 21.0. The predicted molar refractivity (Wildman–Crippen MR) is 63.8 cm³/mol. The highest BCUT2D eigenvalue weighted by Crippen LogP contribution is 2.31. The van der Waals surface area contributed by atoms with Crippen LogP contribution in [0.1, 0.15) is 25.6 Å². The maximum absolute atomic E-state index is 12.5. The molecule has 0 aliphatic carbocycles. The Bertz CT molecular complexity index is 387. The molecule has 0 amide bonds. The summed E-state index contributed by atoms with van der Waals surface area (Å²) >= 11 is 0.820. The molecular weight excluding hydrogens is 265 g/mol. The molecule has 1 aliphatic rings. The molecule has 1 aromatic heterocycles. The summed E-state index contributed by atoms with van der Waals surface area (Å²) in [6.07, 6.45) is -2.45. The van der Waals surface area contributed by atoms with Crippen molar-refractivity contribution in [2.24, 2.45) is 0 Å². The van der Waals surface area contributed by atoms with E-state index in [2.05, 4.69) is 14.7 Å². The van der Waals surface area contributed by atoms with Crippen LogP contribution in [0.2, 0.25) is 0 Å². The van der Waals surface area contributed by atoms with Crippen molar-refractivity contribution in [3.05, 3.63) is 5.82 Å². The van der Waals surface area contributed by atoms with Crippen LogP contribution in [0, 0.1) is 0 Å². The van der Waals surface area contributed by atoms with Crippen LogP contribution in [0.25, 0.3) is 0 Å². The highest BCUT2D eigenvalue weighted by molar-refractivity contribution is 7.09. The van der Waals surface area contributed by atoms with Gasteiger partial charge in [-0.3, -0.25) is 0 Å². The van der Waals surface area contributed by atoms with Crippen LogP contribution in [0.3, 0.4) is 0 Å². The number of halogens is 3. The van der Waals surface area contributed by atoms with E-state index in [1.165, 1.54) is 0 Å². The minimum atomic E-state index is -4.46. The fourth-order valence-corrected chi connectivity index (χ4v) is 2.92. The van der Waals surface area contributed by atoms with E-state index in [1.54, 1.807) is 0 Å². The Labute approximate surface area is 107 Å². The highest BCUT2D eigenvalue weighted by Gasteiger charge is 2.37. The van der Waals surface area contributed by atoms with Gasteiger partial charge in [0.2, 0.25) is 11.0 Å². The number of piperidine rings is 1. The fourth-order valence-electron chi connectivity index (χ4n) is 2.10. The number of rotatable bonds is 3. The molecule has 2 heterocycles. The minimum absolute atomic E-state index is 0.206. The van der Waals surface area contributed by atoms with Crippen LogP contribution in [-0.4, -0.2) is 35.0 Å². The van der Waals surface area contributed by atoms with Gasteiger partial charge in [0.05, 0.1) is 0 Å². The molecule has 0 saturated carbocycles. The molecule has 1 aromatic rings. The third-order valence-electron chi connectivity index (χ3n) is 2.97. The Morgan fingerprint density at radius 1 is 1.50 bits per heavy atom. The molecule has 0 radical (unpaired) electrons. The second kappa shape index (κ2) is 5.40. The minimum Gasteiger partial charge on any atom is -0.343 e. The summed E-state index contributed by atoms with van der Waals surface area (Å²) in [5.74, 6) is -1.04. The first-order valence-electron chi connectivity index (χ1n) is 5.90. The van der Waals surface area contributed by atoms with Gasteiger partial charge in [0.15, 0.2) is 0 Å². The number of anilines is 1. The molecule has 2 rings (SSSR count). The van der Waals surface area contributed by atoms with Crippen molar-refractivity contribution in [3.8, 4) is 0 Å². The molecule has 1 atom stereocenters. The lowest BCUT2D eigenvalue weighted by molar-refractivity contribution is -0.144. The van der Waals surface area contributed by atoms with Crippen molar-refractivity contribution < 1.29 is 13.2 Å². The molecule has 18 heavy (non-hydrogen) atoms. The van der Waals surface area contributed by atoms with Crippen LogP contribution >= 0.6 is 11.5 Å². The summed E-state index contributed by atoms with van der Waals surface area (Å²) in [7, 11) is 0. The second-order valence-electron chi connectivity index (χ2n) is 4.18. The van der Waals surface area contributed by atoms with Crippen molar-refractivity contribution in [2.75, 3.05) is 24.5 Å². The predicted octanol–water partition coefficient (Wildman–Crippen LogP) is 2.14. The molecule has 102 valence electrons. The van der Waals surface area contributed by atoms with Gasteiger partial charge in [-0.05, 0) is 26.3 Å². The topological polar surface area (TPSA) is 41.1 Å². The van der Waals surface area contributed by atoms with Gasteiger partial charge in [0.25, 0.3) is 0 Å². The number of aromatic nitrogens is 2. The summed E-state index contributed by atoms with van der Waals surface area (Å²) in [4.78, 5) is 5.51. The van der Waals surface area contributed by atoms with Gasteiger partial charge >= 0.3 is 6.18 Å². The van der Waals surface area contributed by atoms with Gasteiger partial charge in [-0.15, -0.1) is 0 Å². The molecule has 1 N–H and O–H groups in total. The van der Waals surface area contributed by atoms with Gasteiger partial charge in [0, 0.05) is 30.7 Å². The molecule has 1 unspecified atom stereocenters. The van der Waals surface area contributed by atoms with Crippen molar-refractivity contribution >= 4 is 16.7 Å². The molecule has 4 nitrogen and oxygen atoms in total. The lowest BCUT2D eigenvalue weighted by atomic mass is 10.1. The molecule has 0 spiro atoms. The molecular formula is C10H15F3N4S. The van der Waals surface area contributed by atoms with Gasteiger partial charge in [-0.25, -0.2) is 0 Å². The Kier molecular flexibility index (Phi) is 4.06. The summed E-state index contributed by atoms with van der Waals surface area (Å²) in [6.45, 7) is 4.31. The van der Waals surface area contributed by atoms with E-state index >= 15 is 0 Å². The number of nitrogens with zero attached hydrogens (tertiary/aromatic N) is 3. The van der Waals surface area contributed by atoms with Crippen LogP contribution in [0.5, 0.6) is 0 Å². The first-order chi connectivity index (χ1) is 8.52. The Hall–Kier alpha value is -0.890. The van der Waals surface area contributed by atoms with Gasteiger partial charge in [-0.2, -0.15) is 22.5 Å². The van der Waals surface area contributed by atoms with E-state index in [0.29, 0.717) is 11.7 Å². The molecule has 1 fully saturated rings. The zero-order valence-corrected chi connectivity index (χ0v) is 10.8. The van der Waals surface area contributed by atoms with Crippen molar-refractivity contribution in [2.45, 2.75) is 32.0 Å². The Morgan fingerprint density at radius 2 is 2.28 bits per heavy atom. The van der Waals surface area contributed by atoms with Crippen LogP contribution < -0.4 is 10.2 Å². The number of hydrogen-bond acceptors (Lipinski definition) is 5. The molecule has 1 saturated heterocycles. The Balaban J connectivity index is 2.14. The zero-order valence-electron chi connectivity index (χ0n) is 10.00. The zero-order chi connectivity index (χ0) is 13.2. The first kappa shape index (κ1) is 13.5. The average Bonchev–Trinajstić information content (AvgIpc) is 2.81. The number of nitrogens with one attached hydrogen (secondary N) is 1. The summed E-state index contributed by atoms with van der Waals surface area (Å²) in [5, 5.41) is 3.61. The smallest absolute Gasteiger partial charge is 0.343 e. The second-order valence-corrected chi connectivity index (χ2v) is 4.91. The largest absolute Gasteiger partial charge is 0.452 e. The average molecular weight is 280 g/mol. The van der Waals surface area contributed by atoms with Crippen LogP contribution in [0.4, 0.5) is 18.3 Å². The van der Waals surface area contributed by atoms with E-state index in [4.69, 9.17) is 0 Å². The van der Waals surface area contributed by atoms with E-state index in [9.17, 15) is 13.2 Å². The molecule has 0 bridgehead atoms. The lowest BCUT2D eigenvalue weighted by Gasteiger charge is -2.33. The molecule has 8 heteroatoms. The molecule has 0 aromatic carbocycles. The van der Waals surface area contributed by atoms with Gasteiger partial charge in [-0.1, -0.05) is 0 Å². The standard InChI is InChI=1S/C10H15F3N4S/c1-2-17(7-4-3-5-14-6-7)9-15-8(16-18-9)10(11,12)13/h7,14H,2-6H2,1H3. The summed E-state index contributed by atoms with van der Waals surface area (Å²) in [5.41, 5.74) is 0. The highest BCUT2D eigenvalue weighted by atomic mass is 32.1. The van der Waals surface area contributed by atoms with Crippen molar-refractivity contribution in [1.82, 2.24) is 14.7 Å². The van der Waals surface area contributed by atoms with Crippen LogP contribution in [0.15, 0.2) is 0 Å². The van der Waals surface area contributed by atoms with Crippen LogP contribution in [-0.2, 0) is 6.18 Å². The third kappa shape index (κ3) is 2.92. The number of likely N-dealkylation sites (N-methyl/N-ethyl adjacent to an activating group) is 1. The summed E-state index contributed by atoms with van der Waals surface area (Å²) in [6, 6.07) is 0.206. The van der Waals surface area contributed by atoms with Gasteiger partial charge < -0.3 is 10.2 Å². The lowest BCUT2D eigenvalue weighted by Crippen LogP contribution is -2.46. The maximum Gasteiger partial charge on any atom is 0.452 e. The van der Waals surface area contributed by atoms with Gasteiger partial charge in [0.1, 0.15) is 0 Å². The van der Waals surface area contributed by atoms with E-state index in [1.807, 2.05) is 11.8 Å². The van der Waals surface area contributed by atoms with Crippen molar-refractivity contribution in [1.29, 1.82) is 0 Å². The number of alkyl halides is 3. The Morgan fingerprint density at radius 3 is 2.78 bits per heavy atom. The quantitative estimate of drug-likeness (QED) is 0.921. The van der Waals surface area contributed by atoms with Crippen molar-refractivity contribution in [3.63, 3.8) is 0 Å². The summed E-state index contributed by atoms with van der Waals surface area (Å²) < 4.78 is 40.8. The number of hydrogen-bond donors (Lipinski definition) is 1. The van der Waals surface area contributed by atoms with E-state index in [0.717, 1.165) is 37.5 Å². The first-order valence-corrected chi connectivity index (χ1v) is 6.68. The third-order valence-corrected chi connectivity index (χ3v) is 3.72. The SMILES string of the molecule is CCN(c1nc(C(F)(F)F)ns1)C1CCCNC1.